The molecule has 10 aromatic carbocycles. The fourth-order valence-electron chi connectivity index (χ4n) is 11.6. The van der Waals surface area contributed by atoms with Crippen molar-refractivity contribution in [2.24, 2.45) is 0 Å². The lowest BCUT2D eigenvalue weighted by Crippen LogP contribution is -2.08. The summed E-state index contributed by atoms with van der Waals surface area (Å²) in [7, 11) is 0. The Bertz CT molecular complexity index is 4650. The van der Waals surface area contributed by atoms with Crippen LogP contribution < -0.4 is 0 Å². The van der Waals surface area contributed by atoms with Gasteiger partial charge in [-0.05, 0) is 41.8 Å². The maximum atomic E-state index is 12.3. The molecule has 5 heterocycles. The van der Waals surface area contributed by atoms with Crippen molar-refractivity contribution >= 4 is 144 Å². The van der Waals surface area contributed by atoms with Crippen LogP contribution in [0.15, 0.2) is 188 Å². The van der Waals surface area contributed by atoms with Crippen molar-refractivity contribution < 1.29 is 0 Å². The van der Waals surface area contributed by atoms with Crippen LogP contribution in [0.3, 0.4) is 0 Å². The molecule has 0 amide bonds. The summed E-state index contributed by atoms with van der Waals surface area (Å²) in [4.78, 5) is 4.73. The topological polar surface area (TPSA) is 38.0 Å². The summed E-state index contributed by atoms with van der Waals surface area (Å²) < 4.78 is 11.8. The molecular weight excluding hydrogens is 909 g/mol. The van der Waals surface area contributed by atoms with Crippen LogP contribution in [0, 0.1) is 24.8 Å². The third-order valence-corrected chi connectivity index (χ3v) is 18.1. The predicted octanol–water partition coefficient (Wildman–Crippen LogP) is 19.0. The first-order chi connectivity index (χ1) is 34.6. The first-order valence-corrected chi connectivity index (χ1v) is 25.7. The van der Waals surface area contributed by atoms with Gasteiger partial charge in [0.15, 0.2) is 0 Å². The molecule has 7 heteroatoms. The third-order valence-electron chi connectivity index (χ3n) is 14.5. The highest BCUT2D eigenvalue weighted by Crippen LogP contribution is 2.55. The maximum Gasteiger partial charge on any atom is 0.221 e. The van der Waals surface area contributed by atoms with Gasteiger partial charge in [-0.25, -0.2) is 4.85 Å². The number of aromatic nitrogens is 2. The summed E-state index contributed by atoms with van der Waals surface area (Å²) >= 11 is 5.37. The molecule has 0 unspecified atom stereocenters. The molecule has 70 heavy (non-hydrogen) atoms. The van der Waals surface area contributed by atoms with Gasteiger partial charge >= 0.3 is 0 Å². The Labute approximate surface area is 412 Å². The molecule has 0 saturated heterocycles. The van der Waals surface area contributed by atoms with Crippen LogP contribution in [0.2, 0.25) is 0 Å². The van der Waals surface area contributed by atoms with E-state index in [-0.39, 0.29) is 0 Å². The second-order valence-electron chi connectivity index (χ2n) is 18.1. The van der Waals surface area contributed by atoms with Crippen molar-refractivity contribution in [3.8, 4) is 39.7 Å². The number of benzene rings is 10. The van der Waals surface area contributed by atoms with E-state index in [0.717, 1.165) is 97.3 Å². The molecule has 15 aromatic rings. The highest BCUT2D eigenvalue weighted by atomic mass is 32.1. The summed E-state index contributed by atoms with van der Waals surface area (Å²) in [6.45, 7) is 11.8. The number of nitrogens with zero attached hydrogens (tertiary/aromatic N) is 4. The van der Waals surface area contributed by atoms with Gasteiger partial charge in [0.05, 0.1) is 59.7 Å². The normalized spacial score (nSPS) is 12.0. The SMILES string of the molecule is [C-]#[N+]c1c(-c2ccccc2)c(-n2c3c(C)cccc3c3ccc4c5ccccc5sc4c32)c(-c2ccccc2)c(C#N)c1-n1c2c(ccc3c4ccccc4sc32)c2ccc3c4ccccc4sc3c21. The lowest BCUT2D eigenvalue weighted by molar-refractivity contribution is 1.15. The third kappa shape index (κ3) is 5.21. The van der Waals surface area contributed by atoms with Crippen LogP contribution in [0.1, 0.15) is 11.1 Å². The molecule has 0 radical (unpaired) electrons. The van der Waals surface area contributed by atoms with Crippen molar-refractivity contribution in [2.45, 2.75) is 6.92 Å². The van der Waals surface area contributed by atoms with Gasteiger partial charge in [0, 0.05) is 79.1 Å². The van der Waals surface area contributed by atoms with E-state index in [2.05, 4.69) is 198 Å². The van der Waals surface area contributed by atoms with Crippen LogP contribution in [-0.2, 0) is 0 Å². The van der Waals surface area contributed by atoms with Crippen molar-refractivity contribution in [3.05, 3.63) is 211 Å². The zero-order valence-electron chi connectivity index (χ0n) is 37.4. The second-order valence-corrected chi connectivity index (χ2v) is 21.2. The largest absolute Gasteiger partial charge is 0.315 e. The van der Waals surface area contributed by atoms with E-state index in [9.17, 15) is 11.8 Å². The van der Waals surface area contributed by atoms with Crippen LogP contribution in [0.25, 0.3) is 143 Å². The van der Waals surface area contributed by atoms with Gasteiger partial charge < -0.3 is 9.13 Å². The van der Waals surface area contributed by atoms with Crippen molar-refractivity contribution in [2.75, 3.05) is 0 Å². The van der Waals surface area contributed by atoms with Crippen molar-refractivity contribution in [3.63, 3.8) is 0 Å². The molecule has 324 valence electrons. The molecule has 0 bridgehead atoms. The minimum atomic E-state index is 0.430. The molecule has 15 rings (SSSR count). The summed E-state index contributed by atoms with van der Waals surface area (Å²) in [5.41, 5.74) is 10.9. The molecule has 0 aliphatic carbocycles. The fourth-order valence-corrected chi connectivity index (χ4v) is 15.3. The lowest BCUT2D eigenvalue weighted by Gasteiger charge is -2.26. The van der Waals surface area contributed by atoms with Gasteiger partial charge in [-0.3, -0.25) is 0 Å². The zero-order chi connectivity index (χ0) is 46.4. The van der Waals surface area contributed by atoms with E-state index in [1.807, 2.05) is 12.1 Å². The Morgan fingerprint density at radius 3 is 1.24 bits per heavy atom. The first-order valence-electron chi connectivity index (χ1n) is 23.3. The average molecular weight is 943 g/mol. The van der Waals surface area contributed by atoms with E-state index in [1.165, 1.54) is 40.3 Å². The minimum absolute atomic E-state index is 0.430. The number of para-hydroxylation sites is 1. The molecule has 0 spiro atoms. The molecule has 0 fully saturated rings. The van der Waals surface area contributed by atoms with E-state index in [0.29, 0.717) is 16.9 Å². The van der Waals surface area contributed by atoms with Crippen LogP contribution in [0.5, 0.6) is 0 Å². The van der Waals surface area contributed by atoms with Gasteiger partial charge in [-0.1, -0.05) is 170 Å². The summed E-state index contributed by atoms with van der Waals surface area (Å²) in [6.07, 6.45) is 0. The summed E-state index contributed by atoms with van der Waals surface area (Å²) in [5, 5.41) is 23.9. The number of rotatable bonds is 4. The Morgan fingerprint density at radius 1 is 0.400 bits per heavy atom. The number of aryl methyl sites for hydroxylation is 1. The number of hydrogen-bond acceptors (Lipinski definition) is 4. The Morgan fingerprint density at radius 2 is 0.786 bits per heavy atom. The number of thiophene rings is 3. The maximum absolute atomic E-state index is 12.3. The molecular formula is C63H34N4S3. The first kappa shape index (κ1) is 39.4. The quantitative estimate of drug-likeness (QED) is 0.162. The molecule has 4 nitrogen and oxygen atoms in total. The zero-order valence-corrected chi connectivity index (χ0v) is 39.9. The lowest BCUT2D eigenvalue weighted by atomic mass is 9.88. The van der Waals surface area contributed by atoms with E-state index in [4.69, 9.17) is 4.85 Å². The average Bonchev–Trinajstić information content (AvgIpc) is 4.23. The van der Waals surface area contributed by atoms with Crippen LogP contribution in [0.4, 0.5) is 5.69 Å². The highest BCUT2D eigenvalue weighted by molar-refractivity contribution is 7.27. The van der Waals surface area contributed by atoms with Crippen LogP contribution >= 0.6 is 34.0 Å². The van der Waals surface area contributed by atoms with Crippen molar-refractivity contribution in [1.29, 1.82) is 5.26 Å². The molecule has 5 aromatic heterocycles. The standard InChI is InChI=1S/C63H34N4S3/c1-35-16-15-24-41-42-28-31-45-38-21-9-12-25-49(38)68-61(45)57(42)66(55(35)41)60-52(36-17-5-3-6-18-36)48(34-64)56(54(65-2)53(60)37-19-7-4-8-20-37)67-58-43(29-32-46-39-22-10-13-26-50(39)69-62(46)58)44-30-33-47-40-23-11-14-27-51(40)70-63(47)59(44)67/h3-33H,1H3. The molecule has 0 N–H and O–H groups in total. The van der Waals surface area contributed by atoms with Crippen molar-refractivity contribution in [1.82, 2.24) is 9.13 Å². The van der Waals surface area contributed by atoms with Gasteiger partial charge in [0.25, 0.3) is 0 Å². The minimum Gasteiger partial charge on any atom is -0.315 e. The molecule has 0 saturated carbocycles. The number of fused-ring (bicyclic) bond motifs is 18. The second kappa shape index (κ2) is 14.7. The van der Waals surface area contributed by atoms with E-state index >= 15 is 0 Å². The van der Waals surface area contributed by atoms with Gasteiger partial charge in [-0.2, -0.15) is 5.26 Å². The Hall–Kier alpha value is -8.56. The summed E-state index contributed by atoms with van der Waals surface area (Å²) in [6, 6.07) is 69.8. The fraction of sp³-hybridized carbons (Fsp3) is 0.0159. The Kier molecular flexibility index (Phi) is 8.29. The van der Waals surface area contributed by atoms with Gasteiger partial charge in [0.1, 0.15) is 6.07 Å². The van der Waals surface area contributed by atoms with Crippen LogP contribution in [-0.4, -0.2) is 9.13 Å². The number of nitriles is 1. The monoisotopic (exact) mass is 942 g/mol. The van der Waals surface area contributed by atoms with E-state index in [1.54, 1.807) is 34.0 Å². The number of hydrogen-bond donors (Lipinski definition) is 0. The smallest absolute Gasteiger partial charge is 0.221 e. The molecule has 0 aliphatic rings. The molecule has 0 aliphatic heterocycles. The van der Waals surface area contributed by atoms with Gasteiger partial charge in [0.2, 0.25) is 5.69 Å². The predicted molar refractivity (Wildman–Crippen MR) is 300 cm³/mol. The van der Waals surface area contributed by atoms with E-state index < -0.39 is 0 Å². The van der Waals surface area contributed by atoms with Gasteiger partial charge in [-0.15, -0.1) is 34.0 Å². The highest BCUT2D eigenvalue weighted by Gasteiger charge is 2.33. The Balaban J connectivity index is 1.24. The summed E-state index contributed by atoms with van der Waals surface area (Å²) in [5.74, 6) is 0. The molecule has 0 atom stereocenters.